The Morgan fingerprint density at radius 1 is 1.43 bits per heavy atom. The molecule has 0 saturated heterocycles. The lowest BCUT2D eigenvalue weighted by molar-refractivity contribution is 0.303. The molecule has 110 valence electrons. The third kappa shape index (κ3) is 2.35. The molecular formula is C12H14N6O2S. The fraction of sp³-hybridized carbons (Fsp3) is 0.333. The Hall–Kier alpha value is -2.42. The molecule has 3 rings (SSSR count). The number of hydrogen-bond acceptors (Lipinski definition) is 6. The monoisotopic (exact) mass is 308 g/mol. The first-order valence-corrected chi connectivity index (χ1v) is 7.04. The van der Waals surface area contributed by atoms with Gasteiger partial charge in [0, 0.05) is 37.4 Å². The molecule has 3 heterocycles. The first-order valence-electron chi connectivity index (χ1n) is 6.66. The maximum absolute atomic E-state index is 12.1. The Morgan fingerprint density at radius 3 is 2.86 bits per heavy atom. The second-order valence-electron chi connectivity index (χ2n) is 4.55. The van der Waals surface area contributed by atoms with Crippen LogP contribution in [0.15, 0.2) is 22.5 Å². The predicted octanol–water partition coefficient (Wildman–Crippen LogP) is 0.648. The molecule has 0 amide bonds. The number of thiazole rings is 1. The van der Waals surface area contributed by atoms with Gasteiger partial charge in [-0.3, -0.25) is 0 Å². The van der Waals surface area contributed by atoms with Crippen molar-refractivity contribution in [3.05, 3.63) is 39.4 Å². The van der Waals surface area contributed by atoms with E-state index in [4.69, 9.17) is 6.11 Å². The van der Waals surface area contributed by atoms with Crippen LogP contribution in [0.5, 0.6) is 5.19 Å². The number of tetrazole rings is 1. The Kier molecular flexibility index (Phi) is 3.03. The van der Waals surface area contributed by atoms with E-state index in [0.29, 0.717) is 11.0 Å². The summed E-state index contributed by atoms with van der Waals surface area (Å²) in [6.07, 6.45) is 2.07. The maximum atomic E-state index is 12.1. The largest absolute Gasteiger partial charge is 0.465 e. The smallest absolute Gasteiger partial charge is 0.369 e. The van der Waals surface area contributed by atoms with Crippen molar-refractivity contribution < 1.29 is 6.11 Å². The third-order valence-corrected chi connectivity index (χ3v) is 3.73. The van der Waals surface area contributed by atoms with Gasteiger partial charge in [-0.05, 0) is 22.9 Å². The summed E-state index contributed by atoms with van der Waals surface area (Å²) in [4.78, 5) is 16.0. The molecule has 21 heavy (non-hydrogen) atoms. The lowest BCUT2D eigenvalue weighted by Crippen LogP contribution is -2.24. The van der Waals surface area contributed by atoms with Crippen molar-refractivity contribution in [1.29, 1.82) is 0 Å². The maximum Gasteiger partial charge on any atom is 0.369 e. The molecule has 0 atom stereocenters. The van der Waals surface area contributed by atoms with Crippen molar-refractivity contribution in [3.8, 4) is 11.0 Å². The Morgan fingerprint density at radius 2 is 2.24 bits per heavy atom. The van der Waals surface area contributed by atoms with Crippen LogP contribution in [0.2, 0.25) is 0 Å². The summed E-state index contributed by atoms with van der Waals surface area (Å²) in [6.45, 7) is 2.17. The highest BCUT2D eigenvalue weighted by molar-refractivity contribution is 7.11. The van der Waals surface area contributed by atoms with E-state index in [0.717, 1.165) is 11.1 Å². The minimum Gasteiger partial charge on any atom is -0.465 e. The van der Waals surface area contributed by atoms with Crippen LogP contribution in [-0.4, -0.2) is 29.3 Å². The van der Waals surface area contributed by atoms with Crippen LogP contribution in [0.4, 0.5) is 0 Å². The molecule has 0 N–H and O–H groups in total. The fourth-order valence-corrected chi connectivity index (χ4v) is 2.54. The number of ether oxygens (including phenoxy) is 1. The molecule has 0 aliphatic heterocycles. The van der Waals surface area contributed by atoms with E-state index in [2.05, 4.69) is 15.4 Å². The van der Waals surface area contributed by atoms with E-state index < -0.39 is 0 Å². The van der Waals surface area contributed by atoms with Gasteiger partial charge >= 0.3 is 5.69 Å². The van der Waals surface area contributed by atoms with Crippen molar-refractivity contribution in [2.75, 3.05) is 0 Å². The van der Waals surface area contributed by atoms with Crippen molar-refractivity contribution >= 4 is 11.3 Å². The van der Waals surface area contributed by atoms with E-state index in [9.17, 15) is 4.79 Å². The van der Waals surface area contributed by atoms with Gasteiger partial charge in [0.2, 0.25) is 0 Å². The van der Waals surface area contributed by atoms with Gasteiger partial charge in [0.15, 0.2) is 0 Å². The number of aryl methyl sites for hydroxylation is 3. The summed E-state index contributed by atoms with van der Waals surface area (Å²) in [7, 11) is 3.38. The van der Waals surface area contributed by atoms with Crippen LogP contribution in [0, 0.1) is 6.92 Å². The Balaban J connectivity index is 1.97. The van der Waals surface area contributed by atoms with Gasteiger partial charge in [-0.25, -0.2) is 9.78 Å². The van der Waals surface area contributed by atoms with Crippen LogP contribution in [-0.2, 0) is 20.7 Å². The minimum absolute atomic E-state index is 0.176. The standard InChI is InChI=1S/C12H14N6O2S/c1-8-6-16(2)10(18-12(19)17(3)14-15-18)9(8)7-20-11-13-4-5-21-11/h4-6H,7H2,1-3H3/i4T. The molecule has 0 fully saturated rings. The van der Waals surface area contributed by atoms with Crippen molar-refractivity contribution in [1.82, 2.24) is 29.3 Å². The van der Waals surface area contributed by atoms with E-state index in [-0.39, 0.29) is 18.5 Å². The second kappa shape index (κ2) is 5.17. The molecule has 3 aromatic rings. The van der Waals surface area contributed by atoms with Gasteiger partial charge in [0.05, 0.1) is 1.37 Å². The summed E-state index contributed by atoms with van der Waals surface area (Å²) in [5.74, 6) is 0.609. The SMILES string of the molecule is [3H]c1csc(OCc2c(C)cn(C)c2-n2nnn(C)c2=O)n1. The van der Waals surface area contributed by atoms with Gasteiger partial charge in [-0.2, -0.15) is 4.68 Å². The molecule has 9 heteroatoms. The lowest BCUT2D eigenvalue weighted by atomic mass is 10.2. The molecule has 0 aliphatic carbocycles. The Bertz CT molecular complexity index is 877. The number of rotatable bonds is 4. The van der Waals surface area contributed by atoms with Gasteiger partial charge < -0.3 is 9.30 Å². The van der Waals surface area contributed by atoms with Crippen LogP contribution >= 0.6 is 11.3 Å². The summed E-state index contributed by atoms with van der Waals surface area (Å²) in [5, 5.41) is 9.63. The topological polar surface area (TPSA) is 79.8 Å². The summed E-state index contributed by atoms with van der Waals surface area (Å²) >= 11 is 1.26. The van der Waals surface area contributed by atoms with Crippen LogP contribution in [0.25, 0.3) is 5.82 Å². The highest BCUT2D eigenvalue weighted by atomic mass is 32.1. The normalized spacial score (nSPS) is 11.7. The van der Waals surface area contributed by atoms with E-state index in [1.54, 1.807) is 12.4 Å². The summed E-state index contributed by atoms with van der Waals surface area (Å²) in [5.41, 5.74) is 1.47. The summed E-state index contributed by atoms with van der Waals surface area (Å²) < 4.78 is 17.2. The molecule has 3 aromatic heterocycles. The first kappa shape index (κ1) is 12.3. The average Bonchev–Trinajstić information content (AvgIpc) is 3.09. The van der Waals surface area contributed by atoms with Crippen molar-refractivity contribution in [2.45, 2.75) is 13.5 Å². The number of aromatic nitrogens is 6. The average molecular weight is 308 g/mol. The molecular weight excluding hydrogens is 292 g/mol. The van der Waals surface area contributed by atoms with Gasteiger partial charge in [-0.15, -0.1) is 4.68 Å². The molecule has 8 nitrogen and oxygen atoms in total. The number of nitrogens with zero attached hydrogens (tertiary/aromatic N) is 6. The van der Waals surface area contributed by atoms with E-state index in [1.165, 1.54) is 20.7 Å². The van der Waals surface area contributed by atoms with Crippen molar-refractivity contribution in [2.24, 2.45) is 14.1 Å². The van der Waals surface area contributed by atoms with Crippen LogP contribution in [0.3, 0.4) is 0 Å². The first-order chi connectivity index (χ1) is 10.5. The minimum atomic E-state index is -0.329. The third-order valence-electron chi connectivity index (χ3n) is 3.10. The van der Waals surface area contributed by atoms with E-state index in [1.807, 2.05) is 24.7 Å². The molecule has 0 spiro atoms. The zero-order valence-electron chi connectivity index (χ0n) is 12.8. The molecule has 0 unspecified atom stereocenters. The van der Waals surface area contributed by atoms with Gasteiger partial charge in [-0.1, -0.05) is 11.3 Å². The molecule has 0 saturated carbocycles. The zero-order valence-corrected chi connectivity index (χ0v) is 12.6. The van der Waals surface area contributed by atoms with Crippen molar-refractivity contribution in [3.63, 3.8) is 0 Å². The molecule has 0 aromatic carbocycles. The molecule has 0 bridgehead atoms. The zero-order chi connectivity index (χ0) is 15.9. The van der Waals surface area contributed by atoms with Gasteiger partial charge in [0.1, 0.15) is 12.4 Å². The molecule has 0 aliphatic rings. The predicted molar refractivity (Wildman–Crippen MR) is 76.8 cm³/mol. The second-order valence-corrected chi connectivity index (χ2v) is 5.37. The number of hydrogen-bond donors (Lipinski definition) is 0. The highest BCUT2D eigenvalue weighted by Crippen LogP contribution is 2.22. The van der Waals surface area contributed by atoms with E-state index >= 15 is 0 Å². The van der Waals surface area contributed by atoms with Gasteiger partial charge in [0.25, 0.3) is 5.19 Å². The highest BCUT2D eigenvalue weighted by Gasteiger charge is 2.18. The van der Waals surface area contributed by atoms with Crippen LogP contribution < -0.4 is 10.4 Å². The Labute approximate surface area is 125 Å². The van der Waals surface area contributed by atoms with Crippen LogP contribution in [0.1, 0.15) is 12.5 Å². The molecule has 0 radical (unpaired) electrons. The fourth-order valence-electron chi connectivity index (χ4n) is 2.10. The lowest BCUT2D eigenvalue weighted by Gasteiger charge is -2.07. The quantitative estimate of drug-likeness (QED) is 0.707. The summed E-state index contributed by atoms with van der Waals surface area (Å²) in [6, 6.07) is 0.